The molecule has 0 amide bonds. The zero-order chi connectivity index (χ0) is 18.5. The lowest BCUT2D eigenvalue weighted by Gasteiger charge is -2.09. The number of aromatic nitrogens is 2. The maximum absolute atomic E-state index is 11.6. The molecule has 0 spiro atoms. The first kappa shape index (κ1) is 17.8. The molecule has 0 aliphatic rings. The van der Waals surface area contributed by atoms with Crippen LogP contribution in [0, 0.1) is 10.1 Å². The highest BCUT2D eigenvalue weighted by Gasteiger charge is 2.25. The third-order valence-electron chi connectivity index (χ3n) is 3.62. The molecule has 0 radical (unpaired) electrons. The van der Waals surface area contributed by atoms with E-state index in [4.69, 9.17) is 4.74 Å². The molecule has 3 rings (SSSR count). The summed E-state index contributed by atoms with van der Waals surface area (Å²) in [4.78, 5) is 18.9. The molecule has 0 aliphatic heterocycles. The smallest absolute Gasteiger partial charge is 0.373 e. The van der Waals surface area contributed by atoms with Crippen molar-refractivity contribution >= 4 is 33.1 Å². The lowest BCUT2D eigenvalue weighted by Crippen LogP contribution is -2.03. The normalized spacial score (nSPS) is 10.4. The van der Waals surface area contributed by atoms with E-state index in [1.165, 1.54) is 6.33 Å². The van der Waals surface area contributed by atoms with E-state index in [-0.39, 0.29) is 17.4 Å². The fourth-order valence-electron chi connectivity index (χ4n) is 2.27. The van der Waals surface area contributed by atoms with Crippen LogP contribution < -0.4 is 10.1 Å². The van der Waals surface area contributed by atoms with Gasteiger partial charge in [-0.05, 0) is 48.4 Å². The van der Waals surface area contributed by atoms with Gasteiger partial charge in [0.1, 0.15) is 12.1 Å². The largest absolute Gasteiger partial charge is 0.434 e. The molecule has 1 heterocycles. The van der Waals surface area contributed by atoms with Crippen LogP contribution >= 0.6 is 15.9 Å². The van der Waals surface area contributed by atoms with Crippen molar-refractivity contribution in [3.8, 4) is 11.6 Å². The number of hydrogen-bond donors (Lipinski definition) is 1. The second-order valence-electron chi connectivity index (χ2n) is 5.36. The van der Waals surface area contributed by atoms with E-state index < -0.39 is 4.92 Å². The SMILES string of the molecule is CCc1ccc(Oc2ncnc(Nc3ccc(Br)cc3)c2[N+](=O)[O-])cc1. The molecule has 7 nitrogen and oxygen atoms in total. The van der Waals surface area contributed by atoms with Crippen LogP contribution in [0.1, 0.15) is 12.5 Å². The van der Waals surface area contributed by atoms with Crippen LogP contribution in [0.4, 0.5) is 17.2 Å². The first-order valence-electron chi connectivity index (χ1n) is 7.85. The van der Waals surface area contributed by atoms with Crippen LogP contribution in [0.2, 0.25) is 0 Å². The van der Waals surface area contributed by atoms with Crippen molar-refractivity contribution in [2.45, 2.75) is 13.3 Å². The number of anilines is 2. The number of nitrogens with one attached hydrogen (secondary N) is 1. The average molecular weight is 415 g/mol. The summed E-state index contributed by atoms with van der Waals surface area (Å²) < 4.78 is 6.53. The molecule has 0 fully saturated rings. The Morgan fingerprint density at radius 1 is 1.12 bits per heavy atom. The number of rotatable bonds is 6. The predicted molar refractivity (Wildman–Crippen MR) is 102 cm³/mol. The van der Waals surface area contributed by atoms with Gasteiger partial charge in [-0.2, -0.15) is 4.98 Å². The topological polar surface area (TPSA) is 90.2 Å². The number of nitro groups is 1. The third-order valence-corrected chi connectivity index (χ3v) is 4.15. The Balaban J connectivity index is 1.92. The third kappa shape index (κ3) is 4.15. The number of aryl methyl sites for hydroxylation is 1. The zero-order valence-electron chi connectivity index (χ0n) is 13.8. The van der Waals surface area contributed by atoms with Crippen molar-refractivity contribution < 1.29 is 9.66 Å². The Bertz CT molecular complexity index is 915. The number of hydrogen-bond acceptors (Lipinski definition) is 6. The fourth-order valence-corrected chi connectivity index (χ4v) is 2.53. The van der Waals surface area contributed by atoms with Gasteiger partial charge in [-0.15, -0.1) is 0 Å². The molecule has 0 saturated carbocycles. The van der Waals surface area contributed by atoms with Gasteiger partial charge in [0.2, 0.25) is 5.82 Å². The van der Waals surface area contributed by atoms with Crippen molar-refractivity contribution in [3.63, 3.8) is 0 Å². The van der Waals surface area contributed by atoms with Crippen LogP contribution in [0.25, 0.3) is 0 Å². The predicted octanol–water partition coefficient (Wildman–Crippen LogP) is 5.25. The summed E-state index contributed by atoms with van der Waals surface area (Å²) in [5, 5.41) is 14.5. The summed E-state index contributed by atoms with van der Waals surface area (Å²) >= 11 is 3.35. The Labute approximate surface area is 158 Å². The van der Waals surface area contributed by atoms with E-state index >= 15 is 0 Å². The molecule has 0 aliphatic carbocycles. The summed E-state index contributed by atoms with van der Waals surface area (Å²) in [5.74, 6) is 0.417. The molecule has 1 N–H and O–H groups in total. The first-order valence-corrected chi connectivity index (χ1v) is 8.65. The number of ether oxygens (including phenoxy) is 1. The fraction of sp³-hybridized carbons (Fsp3) is 0.111. The highest BCUT2D eigenvalue weighted by atomic mass is 79.9. The summed E-state index contributed by atoms with van der Waals surface area (Å²) in [6.45, 7) is 2.05. The van der Waals surface area contributed by atoms with Crippen molar-refractivity contribution in [1.29, 1.82) is 0 Å². The summed E-state index contributed by atoms with van der Waals surface area (Å²) in [6, 6.07) is 14.5. The molecule has 3 aromatic rings. The van der Waals surface area contributed by atoms with Crippen LogP contribution in [-0.4, -0.2) is 14.9 Å². The van der Waals surface area contributed by atoms with Gasteiger partial charge in [0.15, 0.2) is 0 Å². The molecule has 0 atom stereocenters. The van der Waals surface area contributed by atoms with Gasteiger partial charge in [0.25, 0.3) is 0 Å². The minimum Gasteiger partial charge on any atom is -0.434 e. The summed E-state index contributed by atoms with van der Waals surface area (Å²) in [7, 11) is 0. The summed E-state index contributed by atoms with van der Waals surface area (Å²) in [6.07, 6.45) is 2.12. The van der Waals surface area contributed by atoms with Crippen LogP contribution in [0.5, 0.6) is 11.6 Å². The molecule has 0 saturated heterocycles. The first-order chi connectivity index (χ1) is 12.6. The van der Waals surface area contributed by atoms with Crippen molar-refractivity contribution in [3.05, 3.63) is 75.0 Å². The van der Waals surface area contributed by atoms with Crippen LogP contribution in [0.3, 0.4) is 0 Å². The van der Waals surface area contributed by atoms with Gasteiger partial charge >= 0.3 is 11.6 Å². The van der Waals surface area contributed by atoms with E-state index in [1.807, 2.05) is 31.2 Å². The maximum atomic E-state index is 11.6. The Morgan fingerprint density at radius 3 is 2.42 bits per heavy atom. The molecule has 0 unspecified atom stereocenters. The Kier molecular flexibility index (Phi) is 5.43. The Hall–Kier alpha value is -3.00. The highest BCUT2D eigenvalue weighted by Crippen LogP contribution is 2.35. The number of benzene rings is 2. The van der Waals surface area contributed by atoms with Crippen LogP contribution in [0.15, 0.2) is 59.3 Å². The molecule has 0 bridgehead atoms. The second-order valence-corrected chi connectivity index (χ2v) is 6.28. The average Bonchev–Trinajstić information content (AvgIpc) is 2.64. The maximum Gasteiger partial charge on any atom is 0.373 e. The molecular weight excluding hydrogens is 400 g/mol. The van der Waals surface area contributed by atoms with E-state index in [0.717, 1.165) is 16.5 Å². The van der Waals surface area contributed by atoms with E-state index in [1.54, 1.807) is 24.3 Å². The van der Waals surface area contributed by atoms with E-state index in [9.17, 15) is 10.1 Å². The minimum absolute atomic E-state index is 0.0625. The van der Waals surface area contributed by atoms with Gasteiger partial charge in [-0.25, -0.2) is 4.98 Å². The Morgan fingerprint density at radius 2 is 1.81 bits per heavy atom. The molecule has 26 heavy (non-hydrogen) atoms. The monoisotopic (exact) mass is 414 g/mol. The number of halogens is 1. The number of nitrogens with zero attached hydrogens (tertiary/aromatic N) is 3. The molecule has 1 aromatic heterocycles. The van der Waals surface area contributed by atoms with Gasteiger partial charge < -0.3 is 10.1 Å². The molecule has 2 aromatic carbocycles. The van der Waals surface area contributed by atoms with Gasteiger partial charge in [0, 0.05) is 10.2 Å². The second kappa shape index (κ2) is 7.92. The quantitative estimate of drug-likeness (QED) is 0.437. The molecule has 8 heteroatoms. The van der Waals surface area contributed by atoms with E-state index in [2.05, 4.69) is 31.2 Å². The molecule has 132 valence electrons. The minimum atomic E-state index is -0.559. The standard InChI is InChI=1S/C18H15BrN4O3/c1-2-12-3-9-15(10-4-12)26-18-16(23(24)25)17(20-11-21-18)22-14-7-5-13(19)6-8-14/h3-11H,2H2,1H3,(H,20,21,22). The lowest BCUT2D eigenvalue weighted by molar-refractivity contribution is -0.385. The van der Waals surface area contributed by atoms with Gasteiger partial charge in [0.05, 0.1) is 4.92 Å². The highest BCUT2D eigenvalue weighted by molar-refractivity contribution is 9.10. The van der Waals surface area contributed by atoms with Crippen LogP contribution in [-0.2, 0) is 6.42 Å². The summed E-state index contributed by atoms with van der Waals surface area (Å²) in [5.41, 5.74) is 1.48. The van der Waals surface area contributed by atoms with Gasteiger partial charge in [-0.1, -0.05) is 35.0 Å². The van der Waals surface area contributed by atoms with Crippen molar-refractivity contribution in [2.24, 2.45) is 0 Å². The molecular formula is C18H15BrN4O3. The van der Waals surface area contributed by atoms with Crippen molar-refractivity contribution in [1.82, 2.24) is 9.97 Å². The van der Waals surface area contributed by atoms with E-state index in [0.29, 0.717) is 11.4 Å². The lowest BCUT2D eigenvalue weighted by atomic mass is 10.2. The zero-order valence-corrected chi connectivity index (χ0v) is 15.4. The van der Waals surface area contributed by atoms with Crippen molar-refractivity contribution in [2.75, 3.05) is 5.32 Å². The van der Waals surface area contributed by atoms with Gasteiger partial charge in [-0.3, -0.25) is 10.1 Å².